The third-order valence-corrected chi connectivity index (χ3v) is 3.18. The number of aryl methyl sites for hydroxylation is 1. The van der Waals surface area contributed by atoms with E-state index in [1.54, 1.807) is 12.5 Å². The molecule has 0 aliphatic heterocycles. The van der Waals surface area contributed by atoms with Crippen molar-refractivity contribution in [1.29, 1.82) is 0 Å². The first-order valence-electron chi connectivity index (χ1n) is 5.39. The van der Waals surface area contributed by atoms with E-state index < -0.39 is 0 Å². The van der Waals surface area contributed by atoms with Crippen molar-refractivity contribution in [2.24, 2.45) is 7.05 Å². The molecule has 2 heterocycles. The summed E-state index contributed by atoms with van der Waals surface area (Å²) >= 11 is 0. The second kappa shape index (κ2) is 3.18. The van der Waals surface area contributed by atoms with Crippen molar-refractivity contribution in [3.63, 3.8) is 0 Å². The molecule has 1 aliphatic rings. The number of fused-ring (bicyclic) bond motifs is 1. The van der Waals surface area contributed by atoms with E-state index in [1.807, 2.05) is 17.7 Å². The average molecular weight is 218 g/mol. The van der Waals surface area contributed by atoms with E-state index in [0.717, 1.165) is 29.7 Å². The lowest BCUT2D eigenvalue weighted by Crippen LogP contribution is -2.26. The molecule has 2 aromatic heterocycles. The topological polar surface area (TPSA) is 63.0 Å². The molecule has 2 aromatic rings. The number of rotatable bonds is 3. The largest absolute Gasteiger partial charge is 0.394 e. The summed E-state index contributed by atoms with van der Waals surface area (Å²) in [6, 6.07) is 1.94. The molecule has 1 fully saturated rings. The first kappa shape index (κ1) is 9.59. The van der Waals surface area contributed by atoms with Crippen LogP contribution in [0.15, 0.2) is 18.6 Å². The highest BCUT2D eigenvalue weighted by molar-refractivity contribution is 5.86. The first-order chi connectivity index (χ1) is 7.74. The van der Waals surface area contributed by atoms with E-state index in [0.29, 0.717) is 0 Å². The molecule has 0 bridgehead atoms. The van der Waals surface area contributed by atoms with Crippen molar-refractivity contribution in [3.05, 3.63) is 18.6 Å². The second-order valence-corrected chi connectivity index (χ2v) is 4.45. The van der Waals surface area contributed by atoms with Crippen LogP contribution >= 0.6 is 0 Å². The molecule has 3 rings (SSSR count). The lowest BCUT2D eigenvalue weighted by Gasteiger charge is -2.14. The SMILES string of the molecule is Cn1cnc2c(NC3(CO)CC3)nccc21. The Balaban J connectivity index is 2.03. The molecule has 0 radical (unpaired) electrons. The van der Waals surface area contributed by atoms with Gasteiger partial charge in [0.05, 0.1) is 24.0 Å². The Hall–Kier alpha value is -1.62. The van der Waals surface area contributed by atoms with Gasteiger partial charge in [0.25, 0.3) is 0 Å². The highest BCUT2D eigenvalue weighted by Crippen LogP contribution is 2.38. The molecule has 0 unspecified atom stereocenters. The van der Waals surface area contributed by atoms with Crippen LogP contribution in [0.4, 0.5) is 5.82 Å². The van der Waals surface area contributed by atoms with Crippen LogP contribution in [0.3, 0.4) is 0 Å². The van der Waals surface area contributed by atoms with Gasteiger partial charge in [-0.25, -0.2) is 9.97 Å². The maximum atomic E-state index is 9.28. The number of pyridine rings is 1. The molecule has 0 aromatic carbocycles. The third-order valence-electron chi connectivity index (χ3n) is 3.18. The van der Waals surface area contributed by atoms with Crippen LogP contribution in [0, 0.1) is 0 Å². The van der Waals surface area contributed by atoms with Gasteiger partial charge in [0.15, 0.2) is 5.82 Å². The molecular formula is C11H14N4O. The quantitative estimate of drug-likeness (QED) is 0.803. The zero-order valence-electron chi connectivity index (χ0n) is 9.14. The fourth-order valence-electron chi connectivity index (χ4n) is 1.88. The Kier molecular flexibility index (Phi) is 1.91. The van der Waals surface area contributed by atoms with Crippen LogP contribution in [-0.2, 0) is 7.05 Å². The van der Waals surface area contributed by atoms with Crippen molar-refractivity contribution in [1.82, 2.24) is 14.5 Å². The molecule has 84 valence electrons. The van der Waals surface area contributed by atoms with E-state index in [-0.39, 0.29) is 12.1 Å². The van der Waals surface area contributed by atoms with Gasteiger partial charge in [-0.1, -0.05) is 0 Å². The molecule has 0 spiro atoms. The summed E-state index contributed by atoms with van der Waals surface area (Å²) in [6.45, 7) is 0.151. The van der Waals surface area contributed by atoms with E-state index in [1.165, 1.54) is 0 Å². The Morgan fingerprint density at radius 3 is 3.00 bits per heavy atom. The van der Waals surface area contributed by atoms with Gasteiger partial charge in [0.1, 0.15) is 5.52 Å². The molecule has 5 heteroatoms. The van der Waals surface area contributed by atoms with Crippen LogP contribution in [0.2, 0.25) is 0 Å². The minimum atomic E-state index is -0.154. The Labute approximate surface area is 93.1 Å². The van der Waals surface area contributed by atoms with Gasteiger partial charge in [0, 0.05) is 13.2 Å². The minimum absolute atomic E-state index is 0.151. The predicted octanol–water partition coefficient (Wildman–Crippen LogP) is 0.905. The highest BCUT2D eigenvalue weighted by Gasteiger charge is 2.42. The Morgan fingerprint density at radius 1 is 1.50 bits per heavy atom. The fourth-order valence-corrected chi connectivity index (χ4v) is 1.88. The monoisotopic (exact) mass is 218 g/mol. The maximum absolute atomic E-state index is 9.28. The summed E-state index contributed by atoms with van der Waals surface area (Å²) in [7, 11) is 1.96. The lowest BCUT2D eigenvalue weighted by atomic mass is 10.3. The predicted molar refractivity (Wildman–Crippen MR) is 61.2 cm³/mol. The zero-order chi connectivity index (χ0) is 11.2. The number of nitrogens with zero attached hydrogens (tertiary/aromatic N) is 3. The van der Waals surface area contributed by atoms with Crippen molar-refractivity contribution in [2.75, 3.05) is 11.9 Å². The van der Waals surface area contributed by atoms with Crippen LogP contribution in [-0.4, -0.2) is 31.8 Å². The fraction of sp³-hybridized carbons (Fsp3) is 0.455. The van der Waals surface area contributed by atoms with Gasteiger partial charge in [-0.05, 0) is 18.9 Å². The summed E-state index contributed by atoms with van der Waals surface area (Å²) in [5.74, 6) is 0.768. The molecular weight excluding hydrogens is 204 g/mol. The molecule has 5 nitrogen and oxygen atoms in total. The Morgan fingerprint density at radius 2 is 2.31 bits per heavy atom. The van der Waals surface area contributed by atoms with Gasteiger partial charge < -0.3 is 15.0 Å². The Bertz CT molecular complexity index is 530. The summed E-state index contributed by atoms with van der Waals surface area (Å²) in [6.07, 6.45) is 5.53. The van der Waals surface area contributed by atoms with Gasteiger partial charge >= 0.3 is 0 Å². The van der Waals surface area contributed by atoms with Crippen molar-refractivity contribution in [3.8, 4) is 0 Å². The smallest absolute Gasteiger partial charge is 0.154 e. The minimum Gasteiger partial charge on any atom is -0.394 e. The van der Waals surface area contributed by atoms with Gasteiger partial charge in [-0.15, -0.1) is 0 Å². The summed E-state index contributed by atoms with van der Waals surface area (Å²) in [4.78, 5) is 8.62. The van der Waals surface area contributed by atoms with Crippen molar-refractivity contribution < 1.29 is 5.11 Å². The normalized spacial score (nSPS) is 17.6. The number of aliphatic hydroxyl groups excluding tert-OH is 1. The molecule has 16 heavy (non-hydrogen) atoms. The number of anilines is 1. The number of aromatic nitrogens is 3. The van der Waals surface area contributed by atoms with Crippen molar-refractivity contribution in [2.45, 2.75) is 18.4 Å². The van der Waals surface area contributed by atoms with Gasteiger partial charge in [0.2, 0.25) is 0 Å². The number of hydrogen-bond donors (Lipinski definition) is 2. The summed E-state index contributed by atoms with van der Waals surface area (Å²) < 4.78 is 1.96. The molecule has 0 atom stereocenters. The first-order valence-corrected chi connectivity index (χ1v) is 5.39. The van der Waals surface area contributed by atoms with E-state index in [9.17, 15) is 5.11 Å². The number of nitrogens with one attached hydrogen (secondary N) is 1. The van der Waals surface area contributed by atoms with Gasteiger partial charge in [-0.2, -0.15) is 0 Å². The molecule has 1 aliphatic carbocycles. The number of imidazole rings is 1. The van der Waals surface area contributed by atoms with Crippen LogP contribution in [0.5, 0.6) is 0 Å². The van der Waals surface area contributed by atoms with Crippen LogP contribution in [0.25, 0.3) is 11.0 Å². The molecule has 2 N–H and O–H groups in total. The van der Waals surface area contributed by atoms with E-state index in [2.05, 4.69) is 15.3 Å². The molecule has 0 saturated heterocycles. The van der Waals surface area contributed by atoms with E-state index >= 15 is 0 Å². The zero-order valence-corrected chi connectivity index (χ0v) is 9.14. The molecule has 0 amide bonds. The van der Waals surface area contributed by atoms with Crippen molar-refractivity contribution >= 4 is 16.9 Å². The second-order valence-electron chi connectivity index (χ2n) is 4.45. The summed E-state index contributed by atoms with van der Waals surface area (Å²) in [5.41, 5.74) is 1.76. The number of hydrogen-bond acceptors (Lipinski definition) is 4. The standard InChI is InChI=1S/C11H14N4O/c1-15-7-13-9-8(15)2-5-12-10(9)14-11(6-16)3-4-11/h2,5,7,16H,3-4,6H2,1H3,(H,12,14). The van der Waals surface area contributed by atoms with Crippen LogP contribution in [0.1, 0.15) is 12.8 Å². The number of aliphatic hydroxyl groups is 1. The summed E-state index contributed by atoms with van der Waals surface area (Å²) in [5, 5.41) is 12.6. The maximum Gasteiger partial charge on any atom is 0.154 e. The highest BCUT2D eigenvalue weighted by atomic mass is 16.3. The van der Waals surface area contributed by atoms with Gasteiger partial charge in [-0.3, -0.25) is 0 Å². The van der Waals surface area contributed by atoms with Crippen LogP contribution < -0.4 is 5.32 Å². The third kappa shape index (κ3) is 1.36. The average Bonchev–Trinajstić information content (AvgIpc) is 2.98. The van der Waals surface area contributed by atoms with E-state index in [4.69, 9.17) is 0 Å². The lowest BCUT2D eigenvalue weighted by molar-refractivity contribution is 0.266. The molecule has 1 saturated carbocycles.